The third-order valence-corrected chi connectivity index (χ3v) is 7.43. The topological polar surface area (TPSA) is 59.9 Å². The molecular formula is C26H32N6O2S. The fourth-order valence-electron chi connectivity index (χ4n) is 4.93. The van der Waals surface area contributed by atoms with E-state index in [1.807, 2.05) is 33.3 Å². The van der Waals surface area contributed by atoms with Crippen molar-refractivity contribution in [3.8, 4) is 0 Å². The first-order valence-electron chi connectivity index (χ1n) is 12.1. The second kappa shape index (κ2) is 9.93. The molecular weight excluding hydrogens is 460 g/mol. The molecule has 0 radical (unpaired) electrons. The van der Waals surface area contributed by atoms with Crippen molar-refractivity contribution in [1.29, 1.82) is 0 Å². The van der Waals surface area contributed by atoms with E-state index in [1.54, 1.807) is 11.7 Å². The molecule has 5 rings (SSSR count). The predicted octanol–water partition coefficient (Wildman–Crippen LogP) is 3.61. The van der Waals surface area contributed by atoms with Crippen molar-refractivity contribution in [3.63, 3.8) is 0 Å². The number of benzene rings is 2. The van der Waals surface area contributed by atoms with Gasteiger partial charge in [0.15, 0.2) is 0 Å². The van der Waals surface area contributed by atoms with Crippen LogP contribution in [0.2, 0.25) is 0 Å². The number of anilines is 1. The van der Waals surface area contributed by atoms with Crippen LogP contribution in [0.15, 0.2) is 47.3 Å². The van der Waals surface area contributed by atoms with Gasteiger partial charge in [0.1, 0.15) is 0 Å². The van der Waals surface area contributed by atoms with E-state index in [2.05, 4.69) is 41.8 Å². The van der Waals surface area contributed by atoms with E-state index in [0.717, 1.165) is 38.1 Å². The van der Waals surface area contributed by atoms with Crippen molar-refractivity contribution in [2.45, 2.75) is 33.5 Å². The number of nitrogens with zero attached hydrogens (tertiary/aromatic N) is 6. The predicted molar refractivity (Wildman–Crippen MR) is 142 cm³/mol. The van der Waals surface area contributed by atoms with Gasteiger partial charge in [-0.25, -0.2) is 4.68 Å². The average molecular weight is 493 g/mol. The summed E-state index contributed by atoms with van der Waals surface area (Å²) in [6.07, 6.45) is 0.727. The van der Waals surface area contributed by atoms with E-state index < -0.39 is 0 Å². The highest BCUT2D eigenvalue weighted by Crippen LogP contribution is 2.24. The highest BCUT2D eigenvalue weighted by atomic mass is 32.1. The van der Waals surface area contributed by atoms with Gasteiger partial charge in [0.05, 0.1) is 17.6 Å². The maximum absolute atomic E-state index is 13.3. The molecule has 2 aromatic heterocycles. The molecule has 4 aromatic rings. The Bertz CT molecular complexity index is 1480. The first-order chi connectivity index (χ1) is 17.0. The zero-order chi connectivity index (χ0) is 24.5. The zero-order valence-electron chi connectivity index (χ0n) is 20.6. The summed E-state index contributed by atoms with van der Waals surface area (Å²) in [6, 6.07) is 14.1. The van der Waals surface area contributed by atoms with Gasteiger partial charge in [-0.05, 0) is 61.8 Å². The number of ether oxygens (including phenoxy) is 1. The molecule has 0 unspecified atom stereocenters. The van der Waals surface area contributed by atoms with Crippen molar-refractivity contribution in [2.24, 2.45) is 0 Å². The van der Waals surface area contributed by atoms with Gasteiger partial charge in [-0.2, -0.15) is 0 Å². The highest BCUT2D eigenvalue weighted by Gasteiger charge is 2.21. The minimum Gasteiger partial charge on any atom is -0.385 e. The smallest absolute Gasteiger partial charge is 0.262 e. The Morgan fingerprint density at radius 1 is 1.03 bits per heavy atom. The first kappa shape index (κ1) is 23.7. The normalized spacial score (nSPS) is 14.9. The van der Waals surface area contributed by atoms with Gasteiger partial charge in [0.2, 0.25) is 10.5 Å². The van der Waals surface area contributed by atoms with E-state index in [4.69, 9.17) is 22.1 Å². The lowest BCUT2D eigenvalue weighted by molar-refractivity contribution is 0.190. The minimum absolute atomic E-state index is 0.0431. The minimum atomic E-state index is -0.0431. The first-order valence-corrected chi connectivity index (χ1v) is 12.5. The third-order valence-electron chi connectivity index (χ3n) is 7.04. The van der Waals surface area contributed by atoms with Gasteiger partial charge in [0.25, 0.3) is 5.56 Å². The Morgan fingerprint density at radius 2 is 1.80 bits per heavy atom. The van der Waals surface area contributed by atoms with E-state index in [-0.39, 0.29) is 5.56 Å². The summed E-state index contributed by atoms with van der Waals surface area (Å²) < 4.78 is 11.3. The fraction of sp³-hybridized carbons (Fsp3) is 0.423. The van der Waals surface area contributed by atoms with Crippen LogP contribution in [0.3, 0.4) is 0 Å². The van der Waals surface area contributed by atoms with Crippen molar-refractivity contribution < 1.29 is 4.74 Å². The van der Waals surface area contributed by atoms with Crippen LogP contribution < -0.4 is 10.5 Å². The number of rotatable bonds is 7. The van der Waals surface area contributed by atoms with Crippen LogP contribution in [-0.4, -0.2) is 63.5 Å². The Hall–Kier alpha value is -3.01. The van der Waals surface area contributed by atoms with Crippen LogP contribution in [0.25, 0.3) is 16.7 Å². The molecule has 0 bridgehead atoms. The lowest BCUT2D eigenvalue weighted by atomic mass is 10.1. The molecule has 1 saturated heterocycles. The van der Waals surface area contributed by atoms with Crippen LogP contribution in [-0.2, 0) is 18.0 Å². The second-order valence-electron chi connectivity index (χ2n) is 9.20. The van der Waals surface area contributed by atoms with E-state index in [1.165, 1.54) is 16.8 Å². The van der Waals surface area contributed by atoms with Crippen LogP contribution in [0, 0.1) is 18.6 Å². The second-order valence-corrected chi connectivity index (χ2v) is 9.57. The van der Waals surface area contributed by atoms with Crippen LogP contribution in [0.5, 0.6) is 0 Å². The van der Waals surface area contributed by atoms with Crippen molar-refractivity contribution in [3.05, 3.63) is 68.7 Å². The molecule has 0 saturated carbocycles. The molecule has 1 aliphatic rings. The number of aromatic nitrogens is 4. The standard InChI is InChI=1S/C26H32N6O2S/c1-19-8-6-11-22(20(19)2)29-15-13-28(14-16-29)18-31-26(35)32-23-10-5-4-9-21(23)24(33)30(25(32)27-31)12-7-17-34-3/h4-6,8-11H,7,12-18H2,1-3H3. The van der Waals surface area contributed by atoms with Gasteiger partial charge in [-0.1, -0.05) is 24.3 Å². The maximum Gasteiger partial charge on any atom is 0.262 e. The van der Waals surface area contributed by atoms with Gasteiger partial charge in [-0.15, -0.1) is 5.10 Å². The number of hydrogen-bond donors (Lipinski definition) is 0. The maximum atomic E-state index is 13.3. The molecule has 1 aliphatic heterocycles. The number of hydrogen-bond acceptors (Lipinski definition) is 6. The van der Waals surface area contributed by atoms with Crippen molar-refractivity contribution in [2.75, 3.05) is 44.8 Å². The Balaban J connectivity index is 1.44. The number of aryl methyl sites for hydroxylation is 2. The van der Waals surface area contributed by atoms with Crippen LogP contribution in [0.1, 0.15) is 17.5 Å². The molecule has 0 atom stereocenters. The van der Waals surface area contributed by atoms with Crippen LogP contribution >= 0.6 is 12.2 Å². The third kappa shape index (κ3) is 4.39. The van der Waals surface area contributed by atoms with Crippen LogP contribution in [0.4, 0.5) is 5.69 Å². The lowest BCUT2D eigenvalue weighted by Crippen LogP contribution is -2.47. The van der Waals surface area contributed by atoms with Gasteiger partial charge >= 0.3 is 0 Å². The summed E-state index contributed by atoms with van der Waals surface area (Å²) in [6.45, 7) is 9.82. The largest absolute Gasteiger partial charge is 0.385 e. The Labute approximate surface area is 209 Å². The molecule has 1 fully saturated rings. The molecule has 0 aliphatic carbocycles. The summed E-state index contributed by atoms with van der Waals surface area (Å²) in [5.74, 6) is 0.587. The monoisotopic (exact) mass is 492 g/mol. The van der Waals surface area contributed by atoms with E-state index >= 15 is 0 Å². The quantitative estimate of drug-likeness (QED) is 0.290. The zero-order valence-corrected chi connectivity index (χ0v) is 21.4. The molecule has 8 nitrogen and oxygen atoms in total. The number of fused-ring (bicyclic) bond motifs is 3. The highest BCUT2D eigenvalue weighted by molar-refractivity contribution is 7.71. The molecule has 0 N–H and O–H groups in total. The summed E-state index contributed by atoms with van der Waals surface area (Å²) in [4.78, 5) is 18.1. The summed E-state index contributed by atoms with van der Waals surface area (Å²) in [5, 5.41) is 5.49. The molecule has 35 heavy (non-hydrogen) atoms. The molecule has 0 amide bonds. The average Bonchev–Trinajstić information content (AvgIpc) is 3.19. The Morgan fingerprint density at radius 3 is 2.57 bits per heavy atom. The van der Waals surface area contributed by atoms with Gasteiger partial charge in [0, 0.05) is 52.1 Å². The molecule has 184 valence electrons. The van der Waals surface area contributed by atoms with Crippen molar-refractivity contribution in [1.82, 2.24) is 23.6 Å². The molecule has 2 aromatic carbocycles. The fourth-order valence-corrected chi connectivity index (χ4v) is 5.20. The number of methoxy groups -OCH3 is 1. The summed E-state index contributed by atoms with van der Waals surface area (Å²) in [7, 11) is 1.67. The SMILES string of the molecule is COCCCn1c(=O)c2ccccc2n2c(=S)n(CN3CCN(c4cccc(C)c4C)CC3)nc12. The van der Waals surface area contributed by atoms with E-state index in [9.17, 15) is 4.79 Å². The number of para-hydroxylation sites is 1. The summed E-state index contributed by atoms with van der Waals surface area (Å²) >= 11 is 5.88. The van der Waals surface area contributed by atoms with Gasteiger partial charge in [-0.3, -0.25) is 18.7 Å². The molecule has 3 heterocycles. The number of piperazine rings is 1. The Kier molecular flexibility index (Phi) is 6.73. The molecule has 9 heteroatoms. The van der Waals surface area contributed by atoms with E-state index in [0.29, 0.717) is 35.8 Å². The molecule has 0 spiro atoms. The van der Waals surface area contributed by atoms with Gasteiger partial charge < -0.3 is 9.64 Å². The van der Waals surface area contributed by atoms with Crippen molar-refractivity contribution >= 4 is 34.6 Å². The summed E-state index contributed by atoms with van der Waals surface area (Å²) in [5.41, 5.74) is 4.75. The lowest BCUT2D eigenvalue weighted by Gasteiger charge is -2.36.